The predicted octanol–water partition coefficient (Wildman–Crippen LogP) is 4.17. The molecule has 22 heavy (non-hydrogen) atoms. The summed E-state index contributed by atoms with van der Waals surface area (Å²) in [6.07, 6.45) is -0.860. The van der Waals surface area contributed by atoms with Gasteiger partial charge >= 0.3 is 0 Å². The molecule has 0 aliphatic rings. The first kappa shape index (κ1) is 13.3. The lowest BCUT2D eigenvalue weighted by molar-refractivity contribution is 0.0968. The Hall–Kier alpha value is -2.42. The summed E-state index contributed by atoms with van der Waals surface area (Å²) >= 11 is 0. The van der Waals surface area contributed by atoms with Crippen molar-refractivity contribution in [3.8, 4) is 0 Å². The van der Waals surface area contributed by atoms with Crippen LogP contribution in [0.1, 0.15) is 11.7 Å². The van der Waals surface area contributed by atoms with Gasteiger partial charge in [-0.05, 0) is 50.0 Å². The summed E-state index contributed by atoms with van der Waals surface area (Å²) in [7, 11) is 0. The highest BCUT2D eigenvalue weighted by molar-refractivity contribution is 6.13. The van der Waals surface area contributed by atoms with Gasteiger partial charge in [-0.2, -0.15) is 0 Å². The molecule has 0 spiro atoms. The van der Waals surface area contributed by atoms with Gasteiger partial charge in [0, 0.05) is 0 Å². The summed E-state index contributed by atoms with van der Waals surface area (Å²) in [6, 6.07) is 22.6. The van der Waals surface area contributed by atoms with Gasteiger partial charge in [0.2, 0.25) is 0 Å². The van der Waals surface area contributed by atoms with Crippen LogP contribution in [0.4, 0.5) is 0 Å². The second-order valence-corrected chi connectivity index (χ2v) is 5.63. The average Bonchev–Trinajstić information content (AvgIpc) is 2.58. The third kappa shape index (κ3) is 1.97. The second-order valence-electron chi connectivity index (χ2n) is 5.63. The monoisotopic (exact) mass is 288 g/mol. The molecule has 2 nitrogen and oxygen atoms in total. The topological polar surface area (TPSA) is 40.5 Å². The summed E-state index contributed by atoms with van der Waals surface area (Å²) in [5, 5.41) is 26.2. The minimum absolute atomic E-state index is 0.275. The molecule has 4 aromatic carbocycles. The van der Waals surface area contributed by atoms with Crippen LogP contribution in [0, 0.1) is 0 Å². The molecule has 4 rings (SSSR count). The van der Waals surface area contributed by atoms with Gasteiger partial charge in [0.25, 0.3) is 0 Å². The summed E-state index contributed by atoms with van der Waals surface area (Å²) < 4.78 is 0. The Morgan fingerprint density at radius 1 is 0.727 bits per heavy atom. The Morgan fingerprint density at radius 2 is 1.41 bits per heavy atom. The summed E-state index contributed by atoms with van der Waals surface area (Å²) in [5.74, 6) is 0. The van der Waals surface area contributed by atoms with Gasteiger partial charge in [0.05, 0.1) is 6.61 Å². The molecule has 0 amide bonds. The fraction of sp³-hybridized carbons (Fsp3) is 0.100. The molecule has 0 radical (unpaired) electrons. The highest BCUT2D eigenvalue weighted by Gasteiger charge is 2.12. The van der Waals surface area contributed by atoms with E-state index >= 15 is 0 Å². The Balaban J connectivity index is 2.18. The van der Waals surface area contributed by atoms with Crippen molar-refractivity contribution in [3.63, 3.8) is 0 Å². The van der Waals surface area contributed by atoms with Crippen molar-refractivity contribution in [2.45, 2.75) is 6.10 Å². The van der Waals surface area contributed by atoms with E-state index in [1.807, 2.05) is 30.3 Å². The normalized spacial score (nSPS) is 13.0. The van der Waals surface area contributed by atoms with Crippen LogP contribution in [0.2, 0.25) is 0 Å². The lowest BCUT2D eigenvalue weighted by Gasteiger charge is -2.14. The highest BCUT2D eigenvalue weighted by atomic mass is 16.3. The third-order valence-corrected chi connectivity index (χ3v) is 4.29. The van der Waals surface area contributed by atoms with E-state index in [1.54, 1.807) is 0 Å². The average molecular weight is 288 g/mol. The Labute approximate surface area is 128 Å². The molecule has 0 heterocycles. The molecule has 2 heteroatoms. The molecule has 0 bridgehead atoms. The van der Waals surface area contributed by atoms with Crippen molar-refractivity contribution in [2.24, 2.45) is 0 Å². The number of hydrogen-bond acceptors (Lipinski definition) is 2. The van der Waals surface area contributed by atoms with Crippen molar-refractivity contribution >= 4 is 32.3 Å². The van der Waals surface area contributed by atoms with E-state index in [4.69, 9.17) is 0 Å². The molecule has 0 saturated carbocycles. The first-order chi connectivity index (χ1) is 10.8. The molecule has 1 unspecified atom stereocenters. The molecule has 1 atom stereocenters. The van der Waals surface area contributed by atoms with Gasteiger partial charge in [-0.15, -0.1) is 0 Å². The maximum atomic E-state index is 10.2. The molecule has 0 aliphatic heterocycles. The first-order valence-corrected chi connectivity index (χ1v) is 7.41. The van der Waals surface area contributed by atoms with Crippen molar-refractivity contribution in [3.05, 3.63) is 72.3 Å². The fourth-order valence-electron chi connectivity index (χ4n) is 3.21. The van der Waals surface area contributed by atoms with Gasteiger partial charge in [0.15, 0.2) is 0 Å². The molecule has 0 saturated heterocycles. The smallest absolute Gasteiger partial charge is 0.103 e. The third-order valence-electron chi connectivity index (χ3n) is 4.29. The van der Waals surface area contributed by atoms with E-state index in [9.17, 15) is 10.2 Å². The van der Waals surface area contributed by atoms with Crippen LogP contribution >= 0.6 is 0 Å². The van der Waals surface area contributed by atoms with Crippen molar-refractivity contribution < 1.29 is 10.2 Å². The molecule has 4 aromatic rings. The number of fused-ring (bicyclic) bond motifs is 4. The minimum atomic E-state index is -0.860. The predicted molar refractivity (Wildman–Crippen MR) is 91.0 cm³/mol. The van der Waals surface area contributed by atoms with E-state index in [0.29, 0.717) is 0 Å². The van der Waals surface area contributed by atoms with Crippen LogP contribution in [0.15, 0.2) is 66.7 Å². The Bertz CT molecular complexity index is 989. The van der Waals surface area contributed by atoms with E-state index in [-0.39, 0.29) is 6.61 Å². The largest absolute Gasteiger partial charge is 0.393 e. The zero-order valence-corrected chi connectivity index (χ0v) is 12.0. The molecular weight excluding hydrogens is 272 g/mol. The standard InChI is InChI=1S/C20H16O2/c21-12-19(22)17-7-3-6-13-8-9-16-10-14-4-1-2-5-15(14)11-18(16)20(13)17/h1-11,19,21-22H,12H2. The van der Waals surface area contributed by atoms with Crippen LogP contribution < -0.4 is 0 Å². The van der Waals surface area contributed by atoms with Gasteiger partial charge in [0.1, 0.15) is 6.10 Å². The molecular formula is C20H16O2. The minimum Gasteiger partial charge on any atom is -0.393 e. The maximum Gasteiger partial charge on any atom is 0.103 e. The van der Waals surface area contributed by atoms with Gasteiger partial charge < -0.3 is 10.2 Å². The van der Waals surface area contributed by atoms with Gasteiger partial charge in [-0.1, -0.05) is 54.6 Å². The quantitative estimate of drug-likeness (QED) is 0.429. The van der Waals surface area contributed by atoms with E-state index < -0.39 is 6.10 Å². The van der Waals surface area contributed by atoms with Crippen molar-refractivity contribution in [1.29, 1.82) is 0 Å². The van der Waals surface area contributed by atoms with Crippen LogP contribution in [0.25, 0.3) is 32.3 Å². The molecule has 2 N–H and O–H groups in total. The van der Waals surface area contributed by atoms with E-state index in [1.165, 1.54) is 10.8 Å². The molecule has 0 aliphatic carbocycles. The lowest BCUT2D eigenvalue weighted by atomic mass is 9.93. The van der Waals surface area contributed by atoms with Gasteiger partial charge in [-0.3, -0.25) is 0 Å². The van der Waals surface area contributed by atoms with Gasteiger partial charge in [-0.25, -0.2) is 0 Å². The number of hydrogen-bond donors (Lipinski definition) is 2. The lowest BCUT2D eigenvalue weighted by Crippen LogP contribution is -2.03. The SMILES string of the molecule is OCC(O)c1cccc2ccc3cc4ccccc4cc3c12. The summed E-state index contributed by atoms with van der Waals surface area (Å²) in [4.78, 5) is 0. The Kier molecular flexibility index (Phi) is 3.07. The van der Waals surface area contributed by atoms with Crippen LogP contribution in [0.5, 0.6) is 0 Å². The molecule has 108 valence electrons. The number of aliphatic hydroxyl groups is 2. The molecule has 0 aromatic heterocycles. The highest BCUT2D eigenvalue weighted by Crippen LogP contribution is 2.33. The molecule has 0 fully saturated rings. The number of aliphatic hydroxyl groups excluding tert-OH is 2. The zero-order chi connectivity index (χ0) is 15.1. The summed E-state index contributed by atoms with van der Waals surface area (Å²) in [6.45, 7) is -0.275. The van der Waals surface area contributed by atoms with Crippen LogP contribution in [-0.4, -0.2) is 16.8 Å². The van der Waals surface area contributed by atoms with E-state index in [2.05, 4.69) is 36.4 Å². The zero-order valence-electron chi connectivity index (χ0n) is 12.0. The maximum absolute atomic E-state index is 10.2. The first-order valence-electron chi connectivity index (χ1n) is 7.41. The Morgan fingerprint density at radius 3 is 2.18 bits per heavy atom. The van der Waals surface area contributed by atoms with Crippen LogP contribution in [0.3, 0.4) is 0 Å². The van der Waals surface area contributed by atoms with E-state index in [0.717, 1.165) is 27.1 Å². The van der Waals surface area contributed by atoms with Crippen LogP contribution in [-0.2, 0) is 0 Å². The second kappa shape index (κ2) is 5.09. The number of rotatable bonds is 2. The number of benzene rings is 4. The van der Waals surface area contributed by atoms with Crippen molar-refractivity contribution in [2.75, 3.05) is 6.61 Å². The summed E-state index contributed by atoms with van der Waals surface area (Å²) in [5.41, 5.74) is 0.779. The van der Waals surface area contributed by atoms with Crippen molar-refractivity contribution in [1.82, 2.24) is 0 Å². The fourth-order valence-corrected chi connectivity index (χ4v) is 3.21.